The maximum atomic E-state index is 9.81. The summed E-state index contributed by atoms with van der Waals surface area (Å²) in [6.07, 6.45) is 1.47. The van der Waals surface area contributed by atoms with Gasteiger partial charge in [-0.15, -0.1) is 0 Å². The van der Waals surface area contributed by atoms with Crippen LogP contribution in [0.15, 0.2) is 11.1 Å². The molecule has 0 rings (SSSR count). The van der Waals surface area contributed by atoms with Crippen LogP contribution in [0.3, 0.4) is 0 Å². The van der Waals surface area contributed by atoms with Crippen LogP contribution in [0.2, 0.25) is 0 Å². The third kappa shape index (κ3) is 2.40. The molecule has 0 aliphatic rings. The number of carbonyl (C=O) groups excluding carboxylic acids is 1. The maximum Gasteiger partial charge on any atom is 0.146 e. The number of hydrogen-bond donors (Lipinski definition) is 0. The van der Waals surface area contributed by atoms with Crippen molar-refractivity contribution in [3.05, 3.63) is 11.1 Å². The van der Waals surface area contributed by atoms with Crippen molar-refractivity contribution < 1.29 is 4.79 Å². The fourth-order valence-corrected chi connectivity index (χ4v) is 0.392. The molecule has 0 fully saturated rings. The molecule has 0 saturated carbocycles. The molecule has 0 aromatic carbocycles. The van der Waals surface area contributed by atoms with Crippen LogP contribution in [-0.4, -0.2) is 6.29 Å². The molecule has 0 heterocycles. The van der Waals surface area contributed by atoms with Gasteiger partial charge in [-0.05, 0) is 6.42 Å². The third-order valence-electron chi connectivity index (χ3n) is 0.700. The van der Waals surface area contributed by atoms with Crippen molar-refractivity contribution in [2.75, 3.05) is 0 Å². The molecule has 0 bridgehead atoms. The highest BCUT2D eigenvalue weighted by Crippen LogP contribution is 1.95. The molecule has 0 N–H and O–H groups in total. The van der Waals surface area contributed by atoms with Gasteiger partial charge in [0, 0.05) is 11.1 Å². The van der Waals surface area contributed by atoms with E-state index in [1.54, 1.807) is 0 Å². The Labute approximate surface area is 48.0 Å². The molecule has 1 nitrogen and oxygen atoms in total. The molecule has 0 radical (unpaired) electrons. The van der Waals surface area contributed by atoms with Gasteiger partial charge >= 0.3 is 0 Å². The second-order valence-electron chi connectivity index (χ2n) is 1.16. The number of aldehydes is 1. The molecule has 0 aliphatic heterocycles. The molecular weight excluding hydrogens is 112 g/mol. The van der Waals surface area contributed by atoms with E-state index in [1.807, 2.05) is 6.92 Å². The Bertz CT molecular complexity index is 86.1. The first kappa shape index (κ1) is 6.70. The van der Waals surface area contributed by atoms with Gasteiger partial charge in [0.05, 0.1) is 0 Å². The SMILES string of the molecule is CC/C(C=O)=C\Cl. The molecule has 0 aliphatic carbocycles. The minimum atomic E-state index is 0.640. The van der Waals surface area contributed by atoms with Crippen LogP contribution in [0.5, 0.6) is 0 Å². The van der Waals surface area contributed by atoms with E-state index >= 15 is 0 Å². The van der Waals surface area contributed by atoms with E-state index in [2.05, 4.69) is 0 Å². The number of allylic oxidation sites excluding steroid dienone is 1. The van der Waals surface area contributed by atoms with Gasteiger partial charge in [0.15, 0.2) is 0 Å². The van der Waals surface area contributed by atoms with Crippen molar-refractivity contribution in [3.63, 3.8) is 0 Å². The predicted molar refractivity (Wildman–Crippen MR) is 30.3 cm³/mol. The summed E-state index contributed by atoms with van der Waals surface area (Å²) in [6.45, 7) is 1.88. The van der Waals surface area contributed by atoms with Gasteiger partial charge in [0.25, 0.3) is 0 Å². The lowest BCUT2D eigenvalue weighted by molar-refractivity contribution is -0.105. The van der Waals surface area contributed by atoms with E-state index in [1.165, 1.54) is 5.54 Å². The molecule has 0 spiro atoms. The highest BCUT2D eigenvalue weighted by molar-refractivity contribution is 6.26. The average Bonchev–Trinajstić information content (AvgIpc) is 1.72. The minimum absolute atomic E-state index is 0.640. The van der Waals surface area contributed by atoms with E-state index in [0.29, 0.717) is 12.0 Å². The largest absolute Gasteiger partial charge is 0.298 e. The van der Waals surface area contributed by atoms with Crippen LogP contribution < -0.4 is 0 Å². The second-order valence-corrected chi connectivity index (χ2v) is 1.37. The fourth-order valence-electron chi connectivity index (χ4n) is 0.186. The van der Waals surface area contributed by atoms with Gasteiger partial charge in [-0.1, -0.05) is 18.5 Å². The number of halogens is 1. The number of hydrogen-bond acceptors (Lipinski definition) is 1. The molecule has 0 aromatic heterocycles. The summed E-state index contributed by atoms with van der Waals surface area (Å²) in [6, 6.07) is 0. The predicted octanol–water partition coefficient (Wildman–Crippen LogP) is 1.72. The molecule has 0 atom stereocenters. The zero-order valence-corrected chi connectivity index (χ0v) is 4.90. The van der Waals surface area contributed by atoms with Crippen molar-refractivity contribution >= 4 is 17.9 Å². The summed E-state index contributed by atoms with van der Waals surface area (Å²) in [4.78, 5) is 9.81. The van der Waals surface area contributed by atoms with Crippen LogP contribution in [-0.2, 0) is 4.79 Å². The monoisotopic (exact) mass is 118 g/mol. The highest BCUT2D eigenvalue weighted by Gasteiger charge is 1.83. The zero-order chi connectivity index (χ0) is 5.70. The maximum absolute atomic E-state index is 9.81. The van der Waals surface area contributed by atoms with Gasteiger partial charge in [-0.3, -0.25) is 4.79 Å². The number of rotatable bonds is 2. The molecule has 2 heteroatoms. The van der Waals surface area contributed by atoms with E-state index in [0.717, 1.165) is 6.29 Å². The summed E-state index contributed by atoms with van der Waals surface area (Å²) < 4.78 is 0. The Morgan fingerprint density at radius 3 is 2.43 bits per heavy atom. The summed E-state index contributed by atoms with van der Waals surface area (Å²) in [5.41, 5.74) is 1.94. The zero-order valence-electron chi connectivity index (χ0n) is 4.15. The Morgan fingerprint density at radius 1 is 1.86 bits per heavy atom. The van der Waals surface area contributed by atoms with E-state index in [9.17, 15) is 4.79 Å². The topological polar surface area (TPSA) is 17.1 Å². The van der Waals surface area contributed by atoms with Gasteiger partial charge in [0.1, 0.15) is 6.29 Å². The van der Waals surface area contributed by atoms with Gasteiger partial charge < -0.3 is 0 Å². The Kier molecular flexibility index (Phi) is 3.71. The second kappa shape index (κ2) is 3.88. The van der Waals surface area contributed by atoms with E-state index in [4.69, 9.17) is 11.6 Å². The lowest BCUT2D eigenvalue weighted by atomic mass is 10.3. The minimum Gasteiger partial charge on any atom is -0.298 e. The van der Waals surface area contributed by atoms with Crippen LogP contribution >= 0.6 is 11.6 Å². The lowest BCUT2D eigenvalue weighted by Gasteiger charge is -1.82. The van der Waals surface area contributed by atoms with Crippen LogP contribution in [0.4, 0.5) is 0 Å². The first-order valence-electron chi connectivity index (χ1n) is 2.09. The summed E-state index contributed by atoms with van der Waals surface area (Å²) in [7, 11) is 0. The van der Waals surface area contributed by atoms with Gasteiger partial charge in [0.2, 0.25) is 0 Å². The highest BCUT2D eigenvalue weighted by atomic mass is 35.5. The van der Waals surface area contributed by atoms with Crippen molar-refractivity contribution in [1.82, 2.24) is 0 Å². The normalized spacial score (nSPS) is 11.4. The summed E-state index contributed by atoms with van der Waals surface area (Å²) in [5.74, 6) is 0. The molecular formula is C5H7ClO. The molecule has 40 valence electrons. The van der Waals surface area contributed by atoms with Gasteiger partial charge in [-0.2, -0.15) is 0 Å². The molecule has 7 heavy (non-hydrogen) atoms. The Hall–Kier alpha value is -0.300. The standard InChI is InChI=1S/C5H7ClO/c1-2-5(3-6)4-7/h3-4H,2H2,1H3/b5-3+. The first-order valence-corrected chi connectivity index (χ1v) is 2.53. The average molecular weight is 119 g/mol. The van der Waals surface area contributed by atoms with Crippen molar-refractivity contribution in [1.29, 1.82) is 0 Å². The lowest BCUT2D eigenvalue weighted by Crippen LogP contribution is -1.76. The van der Waals surface area contributed by atoms with Crippen LogP contribution in [0, 0.1) is 0 Å². The smallest absolute Gasteiger partial charge is 0.146 e. The van der Waals surface area contributed by atoms with Crippen molar-refractivity contribution in [2.45, 2.75) is 13.3 Å². The quantitative estimate of drug-likeness (QED) is 0.399. The number of carbonyl (C=O) groups is 1. The van der Waals surface area contributed by atoms with E-state index in [-0.39, 0.29) is 0 Å². The van der Waals surface area contributed by atoms with Crippen LogP contribution in [0.1, 0.15) is 13.3 Å². The molecule has 0 unspecified atom stereocenters. The molecule has 0 amide bonds. The van der Waals surface area contributed by atoms with E-state index < -0.39 is 0 Å². The van der Waals surface area contributed by atoms with Crippen molar-refractivity contribution in [3.8, 4) is 0 Å². The van der Waals surface area contributed by atoms with Crippen LogP contribution in [0.25, 0.3) is 0 Å². The first-order chi connectivity index (χ1) is 3.35. The fraction of sp³-hybridized carbons (Fsp3) is 0.400. The summed E-state index contributed by atoms with van der Waals surface area (Å²) in [5, 5.41) is 0. The van der Waals surface area contributed by atoms with Crippen molar-refractivity contribution in [2.24, 2.45) is 0 Å². The molecule has 0 aromatic rings. The Morgan fingerprint density at radius 2 is 2.43 bits per heavy atom. The summed E-state index contributed by atoms with van der Waals surface area (Å²) >= 11 is 5.17. The van der Waals surface area contributed by atoms with Gasteiger partial charge in [-0.25, -0.2) is 0 Å². The Balaban J connectivity index is 3.60. The third-order valence-corrected chi connectivity index (χ3v) is 0.980. The molecule has 0 saturated heterocycles.